The van der Waals surface area contributed by atoms with Gasteiger partial charge in [0.15, 0.2) is 0 Å². The summed E-state index contributed by atoms with van der Waals surface area (Å²) in [4.78, 5) is 6.34. The van der Waals surface area contributed by atoms with E-state index in [1.54, 1.807) is 13.1 Å². The number of imidazole rings is 1. The lowest BCUT2D eigenvalue weighted by atomic mass is 10.2. The van der Waals surface area contributed by atoms with Gasteiger partial charge in [-0.15, -0.1) is 0 Å². The van der Waals surface area contributed by atoms with E-state index >= 15 is 0 Å². The minimum Gasteiger partial charge on any atom is -0.347 e. The Morgan fingerprint density at radius 2 is 2.25 bits per heavy atom. The minimum atomic E-state index is -3.97. The molecule has 0 aliphatic rings. The summed E-state index contributed by atoms with van der Waals surface area (Å²) < 4.78 is 40.5. The van der Waals surface area contributed by atoms with Crippen molar-refractivity contribution in [3.05, 3.63) is 47.8 Å². The minimum absolute atomic E-state index is 0.146. The van der Waals surface area contributed by atoms with Crippen LogP contribution in [0, 0.1) is 5.82 Å². The molecule has 20 heavy (non-hydrogen) atoms. The van der Waals surface area contributed by atoms with Crippen LogP contribution in [0.2, 0.25) is 0 Å². The lowest BCUT2D eigenvalue weighted by Gasteiger charge is -2.13. The Morgan fingerprint density at radius 3 is 2.80 bits per heavy atom. The number of benzene rings is 1. The molecule has 0 amide bonds. The van der Waals surface area contributed by atoms with Crippen molar-refractivity contribution in [2.75, 3.05) is 0 Å². The van der Waals surface area contributed by atoms with Gasteiger partial charge >= 0.3 is 0 Å². The quantitative estimate of drug-likeness (QED) is 0.768. The second-order valence-corrected chi connectivity index (χ2v) is 5.97. The Bertz CT molecular complexity index is 685. The fourth-order valence-corrected chi connectivity index (χ4v) is 3.02. The molecule has 0 spiro atoms. The van der Waals surface area contributed by atoms with Gasteiger partial charge in [0.1, 0.15) is 16.5 Å². The fraction of sp³-hybridized carbons (Fsp3) is 0.250. The van der Waals surface area contributed by atoms with E-state index in [1.165, 1.54) is 18.3 Å². The topological polar surface area (TPSA) is 101 Å². The normalized spacial score (nSPS) is 13.3. The molecular formula is C12H15FN4O2S. The Balaban J connectivity index is 2.27. The van der Waals surface area contributed by atoms with Gasteiger partial charge in [-0.1, -0.05) is 6.07 Å². The molecular weight excluding hydrogens is 283 g/mol. The van der Waals surface area contributed by atoms with Gasteiger partial charge in [-0.25, -0.2) is 22.5 Å². The van der Waals surface area contributed by atoms with Gasteiger partial charge in [0, 0.05) is 18.9 Å². The Hall–Kier alpha value is -1.77. The predicted molar refractivity (Wildman–Crippen MR) is 71.6 cm³/mol. The van der Waals surface area contributed by atoms with Crippen molar-refractivity contribution in [1.82, 2.24) is 14.7 Å². The summed E-state index contributed by atoms with van der Waals surface area (Å²) in [7, 11) is -3.97. The van der Waals surface area contributed by atoms with E-state index in [0.717, 1.165) is 6.07 Å². The molecule has 0 saturated carbocycles. The molecule has 6 nitrogen and oxygen atoms in total. The van der Waals surface area contributed by atoms with Gasteiger partial charge in [-0.05, 0) is 24.6 Å². The molecule has 0 saturated heterocycles. The van der Waals surface area contributed by atoms with Gasteiger partial charge in [-0.3, -0.25) is 0 Å². The number of hydrogen-bond donors (Lipinski definition) is 3. The van der Waals surface area contributed by atoms with E-state index in [2.05, 4.69) is 14.7 Å². The van der Waals surface area contributed by atoms with Crippen LogP contribution in [0.5, 0.6) is 0 Å². The summed E-state index contributed by atoms with van der Waals surface area (Å²) in [6.45, 7) is 1.76. The highest BCUT2D eigenvalue weighted by Crippen LogP contribution is 2.18. The van der Waals surface area contributed by atoms with Crippen molar-refractivity contribution in [3.8, 4) is 0 Å². The van der Waals surface area contributed by atoms with Crippen LogP contribution in [0.1, 0.15) is 24.4 Å². The SMILES string of the molecule is CC(NS(=O)(=O)c1ccc(CN)cc1F)c1ncc[nH]1. The summed E-state index contributed by atoms with van der Waals surface area (Å²) in [5.41, 5.74) is 5.91. The third kappa shape index (κ3) is 3.03. The van der Waals surface area contributed by atoms with E-state index < -0.39 is 26.8 Å². The smallest absolute Gasteiger partial charge is 0.244 e. The first kappa shape index (κ1) is 14.6. The number of aromatic amines is 1. The summed E-state index contributed by atoms with van der Waals surface area (Å²) in [5.74, 6) is -0.375. The van der Waals surface area contributed by atoms with Gasteiger partial charge in [0.25, 0.3) is 0 Å². The second-order valence-electron chi connectivity index (χ2n) is 4.29. The summed E-state index contributed by atoms with van der Waals surface area (Å²) >= 11 is 0. The van der Waals surface area contributed by atoms with E-state index in [1.807, 2.05) is 0 Å². The molecule has 1 unspecified atom stereocenters. The molecule has 4 N–H and O–H groups in total. The number of H-pyrrole nitrogens is 1. The molecule has 108 valence electrons. The number of sulfonamides is 1. The van der Waals surface area contributed by atoms with E-state index in [-0.39, 0.29) is 6.54 Å². The van der Waals surface area contributed by atoms with Crippen LogP contribution in [0.15, 0.2) is 35.5 Å². The molecule has 2 rings (SSSR count). The lowest BCUT2D eigenvalue weighted by molar-refractivity contribution is 0.542. The molecule has 8 heteroatoms. The molecule has 0 bridgehead atoms. The third-order valence-electron chi connectivity index (χ3n) is 2.78. The first-order chi connectivity index (χ1) is 9.44. The standard InChI is InChI=1S/C12H15FN4O2S/c1-8(12-15-4-5-16-12)17-20(18,19)11-3-2-9(7-14)6-10(11)13/h2-6,8,17H,7,14H2,1H3,(H,15,16). The van der Waals surface area contributed by atoms with Crippen molar-refractivity contribution < 1.29 is 12.8 Å². The molecule has 2 aromatic rings. The van der Waals surface area contributed by atoms with Crippen LogP contribution in [0.25, 0.3) is 0 Å². The first-order valence-corrected chi connectivity index (χ1v) is 7.42. The molecule has 1 heterocycles. The average molecular weight is 298 g/mol. The van der Waals surface area contributed by atoms with Crippen LogP contribution in [-0.2, 0) is 16.6 Å². The van der Waals surface area contributed by atoms with E-state index in [0.29, 0.717) is 11.4 Å². The van der Waals surface area contributed by atoms with Crippen LogP contribution in [0.4, 0.5) is 4.39 Å². The van der Waals surface area contributed by atoms with Crippen molar-refractivity contribution >= 4 is 10.0 Å². The molecule has 1 aromatic heterocycles. The maximum Gasteiger partial charge on any atom is 0.244 e. The molecule has 0 aliphatic carbocycles. The zero-order valence-corrected chi connectivity index (χ0v) is 11.6. The van der Waals surface area contributed by atoms with Crippen molar-refractivity contribution in [3.63, 3.8) is 0 Å². The van der Waals surface area contributed by atoms with Crippen molar-refractivity contribution in [2.45, 2.75) is 24.4 Å². The maximum absolute atomic E-state index is 13.8. The van der Waals surface area contributed by atoms with Gasteiger partial charge in [-0.2, -0.15) is 0 Å². The van der Waals surface area contributed by atoms with Gasteiger partial charge < -0.3 is 10.7 Å². The van der Waals surface area contributed by atoms with Crippen molar-refractivity contribution in [1.29, 1.82) is 0 Å². The largest absolute Gasteiger partial charge is 0.347 e. The third-order valence-corrected chi connectivity index (χ3v) is 4.36. The van der Waals surface area contributed by atoms with Gasteiger partial charge in [0.2, 0.25) is 10.0 Å². The first-order valence-electron chi connectivity index (χ1n) is 5.94. The molecule has 1 atom stereocenters. The number of rotatable bonds is 5. The number of hydrogen-bond acceptors (Lipinski definition) is 4. The van der Waals surface area contributed by atoms with Crippen LogP contribution < -0.4 is 10.5 Å². The van der Waals surface area contributed by atoms with Crippen molar-refractivity contribution in [2.24, 2.45) is 5.73 Å². The molecule has 0 radical (unpaired) electrons. The average Bonchev–Trinajstić information content (AvgIpc) is 2.91. The zero-order chi connectivity index (χ0) is 14.8. The highest BCUT2D eigenvalue weighted by Gasteiger charge is 2.23. The summed E-state index contributed by atoms with van der Waals surface area (Å²) in [5, 5.41) is 0. The van der Waals surface area contributed by atoms with Crippen LogP contribution in [-0.4, -0.2) is 18.4 Å². The number of nitrogens with zero attached hydrogens (tertiary/aromatic N) is 1. The number of nitrogens with one attached hydrogen (secondary N) is 2. The maximum atomic E-state index is 13.8. The van der Waals surface area contributed by atoms with Crippen LogP contribution >= 0.6 is 0 Å². The Kier molecular flexibility index (Phi) is 4.17. The second kappa shape index (κ2) is 5.70. The Labute approximate surface area is 116 Å². The fourth-order valence-electron chi connectivity index (χ4n) is 1.76. The van der Waals surface area contributed by atoms with E-state index in [9.17, 15) is 12.8 Å². The summed E-state index contributed by atoms with van der Waals surface area (Å²) in [6, 6.07) is 3.21. The zero-order valence-electron chi connectivity index (χ0n) is 10.8. The molecule has 0 aliphatic heterocycles. The monoisotopic (exact) mass is 298 g/mol. The summed E-state index contributed by atoms with van der Waals surface area (Å²) in [6.07, 6.45) is 3.09. The number of aromatic nitrogens is 2. The highest BCUT2D eigenvalue weighted by molar-refractivity contribution is 7.89. The number of halogens is 1. The lowest BCUT2D eigenvalue weighted by Crippen LogP contribution is -2.28. The highest BCUT2D eigenvalue weighted by atomic mass is 32.2. The van der Waals surface area contributed by atoms with Crippen LogP contribution in [0.3, 0.4) is 0 Å². The van der Waals surface area contributed by atoms with E-state index in [4.69, 9.17) is 5.73 Å². The Morgan fingerprint density at radius 1 is 1.50 bits per heavy atom. The number of nitrogens with two attached hydrogens (primary N) is 1. The predicted octanol–water partition coefficient (Wildman–Crippen LogP) is 1.05. The molecule has 0 fully saturated rings. The van der Waals surface area contributed by atoms with Gasteiger partial charge in [0.05, 0.1) is 6.04 Å². The molecule has 1 aromatic carbocycles.